The van der Waals surface area contributed by atoms with Crippen molar-refractivity contribution in [3.05, 3.63) is 34.4 Å². The molecule has 1 aromatic carbocycles. The highest BCUT2D eigenvalue weighted by atomic mass is 14.9. The maximum absolute atomic E-state index is 3.83. The second-order valence-electron chi connectivity index (χ2n) is 7.90. The SMILES string of the molecule is CCCNC1CC(C)(C)CCc2cc3c(cc21)CCCC3. The molecule has 2 aliphatic rings. The van der Waals surface area contributed by atoms with Crippen LogP contribution in [0.2, 0.25) is 0 Å². The minimum absolute atomic E-state index is 0.449. The summed E-state index contributed by atoms with van der Waals surface area (Å²) in [5.41, 5.74) is 6.99. The molecule has 0 fully saturated rings. The molecule has 0 saturated heterocycles. The highest BCUT2D eigenvalue weighted by Gasteiger charge is 2.30. The lowest BCUT2D eigenvalue weighted by atomic mass is 9.82. The Morgan fingerprint density at radius 3 is 2.48 bits per heavy atom. The summed E-state index contributed by atoms with van der Waals surface area (Å²) >= 11 is 0. The second-order valence-corrected chi connectivity index (χ2v) is 7.90. The maximum atomic E-state index is 3.83. The molecule has 116 valence electrons. The van der Waals surface area contributed by atoms with Gasteiger partial charge in [-0.25, -0.2) is 0 Å². The van der Waals surface area contributed by atoms with Crippen LogP contribution >= 0.6 is 0 Å². The number of hydrogen-bond acceptors (Lipinski definition) is 1. The monoisotopic (exact) mass is 285 g/mol. The normalized spacial score (nSPS) is 24.0. The van der Waals surface area contributed by atoms with Crippen LogP contribution < -0.4 is 5.32 Å². The lowest BCUT2D eigenvalue weighted by molar-refractivity contribution is 0.273. The molecular formula is C20H31N. The van der Waals surface area contributed by atoms with E-state index >= 15 is 0 Å². The van der Waals surface area contributed by atoms with E-state index in [1.54, 1.807) is 22.3 Å². The van der Waals surface area contributed by atoms with E-state index < -0.39 is 0 Å². The first-order valence-corrected chi connectivity index (χ1v) is 8.97. The van der Waals surface area contributed by atoms with Gasteiger partial charge in [-0.1, -0.05) is 32.9 Å². The van der Waals surface area contributed by atoms with Crippen molar-refractivity contribution in [3.8, 4) is 0 Å². The van der Waals surface area contributed by atoms with Gasteiger partial charge in [0.05, 0.1) is 0 Å². The molecule has 0 bridgehead atoms. The van der Waals surface area contributed by atoms with Crippen molar-refractivity contribution in [2.45, 2.75) is 78.2 Å². The molecule has 1 nitrogen and oxygen atoms in total. The summed E-state index contributed by atoms with van der Waals surface area (Å²) in [6.07, 6.45) is 10.4. The zero-order valence-electron chi connectivity index (χ0n) is 14.1. The standard InChI is InChI=1S/C20H31N/c1-4-11-21-19-14-20(2,3)10-9-17-12-15-7-5-6-8-16(15)13-18(17)19/h12-13,19,21H,4-11,14H2,1-3H3. The van der Waals surface area contributed by atoms with Gasteiger partial charge in [-0.3, -0.25) is 0 Å². The van der Waals surface area contributed by atoms with Crippen molar-refractivity contribution in [2.75, 3.05) is 6.54 Å². The molecular weight excluding hydrogens is 254 g/mol. The number of hydrogen-bond donors (Lipinski definition) is 1. The van der Waals surface area contributed by atoms with Gasteiger partial charge in [0.15, 0.2) is 0 Å². The van der Waals surface area contributed by atoms with Crippen LogP contribution in [0.3, 0.4) is 0 Å². The van der Waals surface area contributed by atoms with E-state index in [-0.39, 0.29) is 0 Å². The number of benzene rings is 1. The number of aryl methyl sites for hydroxylation is 3. The predicted octanol–water partition coefficient (Wildman–Crippen LogP) is 4.97. The molecule has 0 saturated carbocycles. The average Bonchev–Trinajstić information content (AvgIpc) is 2.60. The Labute approximate surface area is 130 Å². The summed E-state index contributed by atoms with van der Waals surface area (Å²) in [7, 11) is 0. The van der Waals surface area contributed by atoms with Crippen LogP contribution in [0.5, 0.6) is 0 Å². The molecule has 0 radical (unpaired) electrons. The quantitative estimate of drug-likeness (QED) is 0.773. The summed E-state index contributed by atoms with van der Waals surface area (Å²) in [4.78, 5) is 0. The lowest BCUT2D eigenvalue weighted by Gasteiger charge is -2.28. The van der Waals surface area contributed by atoms with Crippen LogP contribution in [-0.4, -0.2) is 6.54 Å². The van der Waals surface area contributed by atoms with E-state index in [0.717, 1.165) is 6.54 Å². The van der Waals surface area contributed by atoms with E-state index in [1.807, 2.05) is 0 Å². The Balaban J connectivity index is 1.97. The lowest BCUT2D eigenvalue weighted by Crippen LogP contribution is -2.26. The molecule has 0 heterocycles. The van der Waals surface area contributed by atoms with Gasteiger partial charge < -0.3 is 5.32 Å². The van der Waals surface area contributed by atoms with Gasteiger partial charge in [0, 0.05) is 6.04 Å². The Morgan fingerprint density at radius 1 is 1.05 bits per heavy atom. The zero-order valence-corrected chi connectivity index (χ0v) is 14.1. The molecule has 1 aromatic rings. The number of nitrogens with one attached hydrogen (secondary N) is 1. The highest BCUT2D eigenvalue weighted by Crippen LogP contribution is 2.41. The smallest absolute Gasteiger partial charge is 0.0328 e. The van der Waals surface area contributed by atoms with Gasteiger partial charge in [-0.2, -0.15) is 0 Å². The molecule has 0 amide bonds. The molecule has 1 atom stereocenters. The zero-order chi connectivity index (χ0) is 14.9. The largest absolute Gasteiger partial charge is 0.310 e. The van der Waals surface area contributed by atoms with Crippen LogP contribution in [0.15, 0.2) is 12.1 Å². The first-order chi connectivity index (χ1) is 10.1. The first-order valence-electron chi connectivity index (χ1n) is 8.97. The topological polar surface area (TPSA) is 12.0 Å². The molecule has 3 rings (SSSR count). The summed E-state index contributed by atoms with van der Waals surface area (Å²) in [6, 6.07) is 5.69. The van der Waals surface area contributed by atoms with Gasteiger partial charge in [-0.15, -0.1) is 0 Å². The fourth-order valence-corrected chi connectivity index (χ4v) is 4.14. The predicted molar refractivity (Wildman–Crippen MR) is 90.8 cm³/mol. The molecule has 1 unspecified atom stereocenters. The van der Waals surface area contributed by atoms with Crippen LogP contribution in [0.25, 0.3) is 0 Å². The van der Waals surface area contributed by atoms with E-state index in [0.29, 0.717) is 11.5 Å². The van der Waals surface area contributed by atoms with Crippen molar-refractivity contribution in [3.63, 3.8) is 0 Å². The number of rotatable bonds is 3. The van der Waals surface area contributed by atoms with Gasteiger partial charge in [0.25, 0.3) is 0 Å². The summed E-state index contributed by atoms with van der Waals surface area (Å²) in [5, 5.41) is 3.83. The minimum atomic E-state index is 0.449. The Morgan fingerprint density at radius 2 is 1.76 bits per heavy atom. The fraction of sp³-hybridized carbons (Fsp3) is 0.700. The van der Waals surface area contributed by atoms with E-state index in [2.05, 4.69) is 38.2 Å². The van der Waals surface area contributed by atoms with E-state index in [9.17, 15) is 0 Å². The van der Waals surface area contributed by atoms with Crippen LogP contribution in [0, 0.1) is 5.41 Å². The van der Waals surface area contributed by atoms with E-state index in [4.69, 9.17) is 0 Å². The molecule has 1 N–H and O–H groups in total. The molecule has 0 spiro atoms. The molecule has 0 aromatic heterocycles. The molecule has 2 aliphatic carbocycles. The van der Waals surface area contributed by atoms with Crippen LogP contribution in [0.1, 0.15) is 81.2 Å². The molecule has 0 aliphatic heterocycles. The highest BCUT2D eigenvalue weighted by molar-refractivity contribution is 5.42. The summed E-state index contributed by atoms with van der Waals surface area (Å²) < 4.78 is 0. The summed E-state index contributed by atoms with van der Waals surface area (Å²) in [5.74, 6) is 0. The molecule has 1 heteroatoms. The van der Waals surface area contributed by atoms with Gasteiger partial charge >= 0.3 is 0 Å². The fourth-order valence-electron chi connectivity index (χ4n) is 4.14. The maximum Gasteiger partial charge on any atom is 0.0328 e. The van der Waals surface area contributed by atoms with Gasteiger partial charge in [0.1, 0.15) is 0 Å². The summed E-state index contributed by atoms with van der Waals surface area (Å²) in [6.45, 7) is 8.29. The number of fused-ring (bicyclic) bond motifs is 2. The van der Waals surface area contributed by atoms with Crippen molar-refractivity contribution < 1.29 is 0 Å². The van der Waals surface area contributed by atoms with Gasteiger partial charge in [0.2, 0.25) is 0 Å². The third kappa shape index (κ3) is 3.34. The van der Waals surface area contributed by atoms with Crippen molar-refractivity contribution >= 4 is 0 Å². The Hall–Kier alpha value is -0.820. The Bertz CT molecular complexity index is 501. The average molecular weight is 285 g/mol. The Kier molecular flexibility index (Phi) is 4.40. The van der Waals surface area contributed by atoms with Crippen molar-refractivity contribution in [2.24, 2.45) is 5.41 Å². The minimum Gasteiger partial charge on any atom is -0.310 e. The molecule has 21 heavy (non-hydrogen) atoms. The van der Waals surface area contributed by atoms with Gasteiger partial charge in [-0.05, 0) is 85.6 Å². The van der Waals surface area contributed by atoms with Crippen molar-refractivity contribution in [1.82, 2.24) is 5.32 Å². The second kappa shape index (κ2) is 6.12. The first kappa shape index (κ1) is 15.1. The third-order valence-corrected chi connectivity index (χ3v) is 5.45. The van der Waals surface area contributed by atoms with Crippen LogP contribution in [-0.2, 0) is 19.3 Å². The van der Waals surface area contributed by atoms with E-state index in [1.165, 1.54) is 51.4 Å². The third-order valence-electron chi connectivity index (χ3n) is 5.45. The van der Waals surface area contributed by atoms with Crippen LogP contribution in [0.4, 0.5) is 0 Å². The van der Waals surface area contributed by atoms with Crippen molar-refractivity contribution in [1.29, 1.82) is 0 Å².